The first kappa shape index (κ1) is 17.0. The van der Waals surface area contributed by atoms with E-state index in [1.54, 1.807) is 0 Å². The average molecular weight is 354 g/mol. The molecule has 0 atom stereocenters. The first-order valence-corrected chi connectivity index (χ1v) is 8.98. The molecule has 0 saturated carbocycles. The third kappa shape index (κ3) is 3.32. The molecule has 27 heavy (non-hydrogen) atoms. The summed E-state index contributed by atoms with van der Waals surface area (Å²) in [7, 11) is 4.04. The van der Waals surface area contributed by atoms with Crippen molar-refractivity contribution in [2.24, 2.45) is 0 Å². The molecule has 0 heterocycles. The van der Waals surface area contributed by atoms with Gasteiger partial charge in [-0.25, -0.2) is 0 Å². The SMILES string of the molecule is CN(C)c1ccc(-c2cc(Nc3ccccc3)c3ccccc3c2O)cc1. The van der Waals surface area contributed by atoms with E-state index in [4.69, 9.17) is 0 Å². The topological polar surface area (TPSA) is 35.5 Å². The zero-order valence-corrected chi connectivity index (χ0v) is 15.5. The van der Waals surface area contributed by atoms with Crippen molar-refractivity contribution < 1.29 is 5.11 Å². The van der Waals surface area contributed by atoms with Gasteiger partial charge in [0.15, 0.2) is 0 Å². The van der Waals surface area contributed by atoms with Crippen LogP contribution in [0, 0.1) is 0 Å². The van der Waals surface area contributed by atoms with Gasteiger partial charge in [0.25, 0.3) is 0 Å². The van der Waals surface area contributed by atoms with Crippen LogP contribution in [0.2, 0.25) is 0 Å². The van der Waals surface area contributed by atoms with Crippen LogP contribution < -0.4 is 10.2 Å². The lowest BCUT2D eigenvalue weighted by Gasteiger charge is -2.16. The van der Waals surface area contributed by atoms with Gasteiger partial charge in [-0.2, -0.15) is 0 Å². The van der Waals surface area contributed by atoms with Crippen LogP contribution in [0.4, 0.5) is 17.1 Å². The fourth-order valence-electron chi connectivity index (χ4n) is 3.30. The molecule has 4 aromatic carbocycles. The maximum atomic E-state index is 10.9. The highest BCUT2D eigenvalue weighted by Crippen LogP contribution is 2.41. The van der Waals surface area contributed by atoms with Crippen molar-refractivity contribution in [3.8, 4) is 16.9 Å². The second kappa shape index (κ2) is 7.04. The summed E-state index contributed by atoms with van der Waals surface area (Å²) in [4.78, 5) is 2.06. The number of nitrogens with zero attached hydrogens (tertiary/aromatic N) is 1. The minimum absolute atomic E-state index is 0.307. The number of rotatable bonds is 4. The van der Waals surface area contributed by atoms with Gasteiger partial charge < -0.3 is 15.3 Å². The van der Waals surface area contributed by atoms with E-state index in [0.29, 0.717) is 5.75 Å². The highest BCUT2D eigenvalue weighted by molar-refractivity contribution is 6.04. The Hall–Kier alpha value is -3.46. The summed E-state index contributed by atoms with van der Waals surface area (Å²) in [6, 6.07) is 28.2. The molecular formula is C24H22N2O. The Labute approximate surface area is 159 Å². The first-order valence-electron chi connectivity index (χ1n) is 8.98. The summed E-state index contributed by atoms with van der Waals surface area (Å²) >= 11 is 0. The van der Waals surface area contributed by atoms with Crippen LogP contribution in [0.3, 0.4) is 0 Å². The molecule has 134 valence electrons. The van der Waals surface area contributed by atoms with E-state index >= 15 is 0 Å². The third-order valence-corrected chi connectivity index (χ3v) is 4.76. The molecule has 0 unspecified atom stereocenters. The van der Waals surface area contributed by atoms with Crippen molar-refractivity contribution in [3.05, 3.63) is 84.9 Å². The summed E-state index contributed by atoms with van der Waals surface area (Å²) in [5, 5.41) is 16.3. The molecule has 0 aliphatic heterocycles. The molecule has 4 rings (SSSR count). The monoisotopic (exact) mass is 354 g/mol. The number of para-hydroxylation sites is 1. The summed E-state index contributed by atoms with van der Waals surface area (Å²) in [6.45, 7) is 0. The van der Waals surface area contributed by atoms with Gasteiger partial charge in [0, 0.05) is 47.5 Å². The number of phenolic OH excluding ortho intramolecular Hbond substituents is 1. The van der Waals surface area contributed by atoms with Crippen LogP contribution in [0.15, 0.2) is 84.9 Å². The lowest BCUT2D eigenvalue weighted by molar-refractivity contribution is 0.483. The molecule has 0 aliphatic carbocycles. The predicted molar refractivity (Wildman–Crippen MR) is 115 cm³/mol. The van der Waals surface area contributed by atoms with Crippen molar-refractivity contribution >= 4 is 27.8 Å². The minimum Gasteiger partial charge on any atom is -0.507 e. The van der Waals surface area contributed by atoms with E-state index in [2.05, 4.69) is 22.3 Å². The number of benzene rings is 4. The number of hydrogen-bond acceptors (Lipinski definition) is 3. The average Bonchev–Trinajstić information content (AvgIpc) is 2.71. The van der Waals surface area contributed by atoms with Crippen LogP contribution >= 0.6 is 0 Å². The van der Waals surface area contributed by atoms with Crippen LogP contribution in [0.25, 0.3) is 21.9 Å². The van der Waals surface area contributed by atoms with Gasteiger partial charge in [-0.05, 0) is 35.9 Å². The molecule has 2 N–H and O–H groups in total. The molecule has 3 heteroatoms. The molecule has 4 aromatic rings. The Morgan fingerprint density at radius 2 is 1.37 bits per heavy atom. The lowest BCUT2D eigenvalue weighted by atomic mass is 9.97. The number of hydrogen-bond donors (Lipinski definition) is 2. The van der Waals surface area contributed by atoms with E-state index in [1.807, 2.05) is 86.9 Å². The molecule has 0 amide bonds. The lowest BCUT2D eigenvalue weighted by Crippen LogP contribution is -2.07. The minimum atomic E-state index is 0.307. The van der Waals surface area contributed by atoms with Gasteiger partial charge in [0.05, 0.1) is 0 Å². The van der Waals surface area contributed by atoms with Crippen molar-refractivity contribution in [1.29, 1.82) is 0 Å². The summed E-state index contributed by atoms with van der Waals surface area (Å²) in [6.07, 6.45) is 0. The van der Waals surface area contributed by atoms with E-state index in [0.717, 1.165) is 39.0 Å². The molecule has 0 saturated heterocycles. The van der Waals surface area contributed by atoms with Crippen molar-refractivity contribution in [2.45, 2.75) is 0 Å². The quantitative estimate of drug-likeness (QED) is 0.440. The fraction of sp³-hybridized carbons (Fsp3) is 0.0833. The van der Waals surface area contributed by atoms with E-state index in [9.17, 15) is 5.11 Å². The smallest absolute Gasteiger partial charge is 0.131 e. The summed E-state index contributed by atoms with van der Waals surface area (Å²) in [5.74, 6) is 0.307. The Kier molecular flexibility index (Phi) is 4.43. The fourth-order valence-corrected chi connectivity index (χ4v) is 3.30. The van der Waals surface area contributed by atoms with Gasteiger partial charge in [0.2, 0.25) is 0 Å². The number of fused-ring (bicyclic) bond motifs is 1. The van der Waals surface area contributed by atoms with Gasteiger partial charge in [-0.1, -0.05) is 54.6 Å². The molecule has 0 spiro atoms. The van der Waals surface area contributed by atoms with E-state index < -0.39 is 0 Å². The third-order valence-electron chi connectivity index (χ3n) is 4.76. The highest BCUT2D eigenvalue weighted by Gasteiger charge is 2.13. The molecule has 0 fully saturated rings. The second-order valence-electron chi connectivity index (χ2n) is 6.80. The van der Waals surface area contributed by atoms with E-state index in [1.165, 1.54) is 0 Å². The summed E-state index contributed by atoms with van der Waals surface area (Å²) in [5.41, 5.74) is 4.92. The molecular weight excluding hydrogens is 332 g/mol. The first-order chi connectivity index (χ1) is 13.1. The Morgan fingerprint density at radius 3 is 2.04 bits per heavy atom. The van der Waals surface area contributed by atoms with Crippen molar-refractivity contribution in [2.75, 3.05) is 24.3 Å². The molecule has 0 aliphatic rings. The molecule has 0 radical (unpaired) electrons. The summed E-state index contributed by atoms with van der Waals surface area (Å²) < 4.78 is 0. The maximum absolute atomic E-state index is 10.9. The number of anilines is 3. The number of nitrogens with one attached hydrogen (secondary N) is 1. The van der Waals surface area contributed by atoms with Crippen molar-refractivity contribution in [3.63, 3.8) is 0 Å². The predicted octanol–water partition coefficient (Wildman–Crippen LogP) is 6.02. The Balaban J connectivity index is 1.87. The van der Waals surface area contributed by atoms with Gasteiger partial charge in [-0.15, -0.1) is 0 Å². The molecule has 3 nitrogen and oxygen atoms in total. The number of phenols is 1. The maximum Gasteiger partial charge on any atom is 0.131 e. The Morgan fingerprint density at radius 1 is 0.741 bits per heavy atom. The second-order valence-corrected chi connectivity index (χ2v) is 6.80. The standard InChI is InChI=1S/C24H22N2O/c1-26(2)19-14-12-17(13-15-19)22-16-23(25-18-8-4-3-5-9-18)20-10-6-7-11-21(20)24(22)27/h3-16,25,27H,1-2H3. The zero-order chi connectivity index (χ0) is 18.8. The van der Waals surface area contributed by atoms with Crippen LogP contribution in [0.5, 0.6) is 5.75 Å². The van der Waals surface area contributed by atoms with Crippen LogP contribution in [-0.2, 0) is 0 Å². The van der Waals surface area contributed by atoms with Gasteiger partial charge >= 0.3 is 0 Å². The molecule has 0 aromatic heterocycles. The van der Waals surface area contributed by atoms with E-state index in [-0.39, 0.29) is 0 Å². The zero-order valence-electron chi connectivity index (χ0n) is 15.5. The largest absolute Gasteiger partial charge is 0.507 e. The number of aromatic hydroxyl groups is 1. The normalized spacial score (nSPS) is 10.7. The van der Waals surface area contributed by atoms with Crippen LogP contribution in [0.1, 0.15) is 0 Å². The molecule has 0 bridgehead atoms. The van der Waals surface area contributed by atoms with Crippen molar-refractivity contribution in [1.82, 2.24) is 0 Å². The Bertz CT molecular complexity index is 1070. The van der Waals surface area contributed by atoms with Gasteiger partial charge in [-0.3, -0.25) is 0 Å². The van der Waals surface area contributed by atoms with Gasteiger partial charge in [0.1, 0.15) is 5.75 Å². The van der Waals surface area contributed by atoms with Crippen LogP contribution in [-0.4, -0.2) is 19.2 Å². The highest BCUT2D eigenvalue weighted by atomic mass is 16.3.